The molecule has 1 aliphatic carbocycles. The van der Waals surface area contributed by atoms with Crippen LogP contribution in [0.2, 0.25) is 0 Å². The van der Waals surface area contributed by atoms with Crippen LogP contribution < -0.4 is 5.48 Å². The Morgan fingerprint density at radius 1 is 1.33 bits per heavy atom. The zero-order valence-corrected chi connectivity index (χ0v) is 14.8. The lowest BCUT2D eigenvalue weighted by atomic mass is 9.64. The number of rotatable bonds is 2. The monoisotopic (exact) mass is 329 g/mol. The lowest BCUT2D eigenvalue weighted by molar-refractivity contribution is -0.170. The van der Waals surface area contributed by atoms with E-state index >= 15 is 0 Å². The zero-order valence-electron chi connectivity index (χ0n) is 14.8. The van der Waals surface area contributed by atoms with Gasteiger partial charge in [0.15, 0.2) is 0 Å². The summed E-state index contributed by atoms with van der Waals surface area (Å²) in [6.07, 6.45) is 3.41. The van der Waals surface area contributed by atoms with Gasteiger partial charge in [0.2, 0.25) is 0 Å². The Morgan fingerprint density at radius 3 is 2.62 bits per heavy atom. The highest BCUT2D eigenvalue weighted by molar-refractivity contribution is 5.75. The van der Waals surface area contributed by atoms with Crippen LogP contribution in [0, 0.1) is 5.92 Å². The maximum atomic E-state index is 12.9. The van der Waals surface area contributed by atoms with Crippen LogP contribution in [-0.2, 0) is 14.4 Å². The first-order chi connectivity index (χ1) is 11.3. The summed E-state index contributed by atoms with van der Waals surface area (Å²) in [5, 5.41) is 0. The lowest BCUT2D eigenvalue weighted by Crippen LogP contribution is -2.47. The second-order valence-corrected chi connectivity index (χ2v) is 7.97. The summed E-state index contributed by atoms with van der Waals surface area (Å²) in [5.41, 5.74) is 4.04. The lowest BCUT2D eigenvalue weighted by Gasteiger charge is -2.43. The number of carbonyl (C=O) groups is 1. The van der Waals surface area contributed by atoms with Crippen molar-refractivity contribution in [2.24, 2.45) is 5.92 Å². The van der Waals surface area contributed by atoms with Crippen molar-refractivity contribution in [2.75, 3.05) is 0 Å². The van der Waals surface area contributed by atoms with Gasteiger partial charge in [-0.15, -0.1) is 0 Å². The summed E-state index contributed by atoms with van der Waals surface area (Å²) in [4.78, 5) is 18.9. The number of ether oxygens (including phenoxy) is 1. The summed E-state index contributed by atoms with van der Waals surface area (Å²) in [6.45, 7) is 9.75. The maximum absolute atomic E-state index is 12.9. The zero-order chi connectivity index (χ0) is 17.4. The molecule has 130 valence electrons. The number of hydrogen-bond acceptors (Lipinski definition) is 4. The first-order valence-corrected chi connectivity index (χ1v) is 8.70. The number of hydroxylamine groups is 1. The molecule has 24 heavy (non-hydrogen) atoms. The molecule has 1 saturated heterocycles. The Labute approximate surface area is 144 Å². The molecule has 4 heteroatoms. The van der Waals surface area contributed by atoms with Crippen LogP contribution in [0.3, 0.4) is 0 Å². The Morgan fingerprint density at radius 2 is 2.04 bits per heavy atom. The average molecular weight is 329 g/mol. The average Bonchev–Trinajstić information content (AvgIpc) is 2.87. The molecule has 4 nitrogen and oxygen atoms in total. The van der Waals surface area contributed by atoms with Gasteiger partial charge in [0.05, 0.1) is 5.92 Å². The van der Waals surface area contributed by atoms with Crippen LogP contribution in [0.5, 0.6) is 0 Å². The normalized spacial score (nSPS) is 30.2. The van der Waals surface area contributed by atoms with Gasteiger partial charge in [-0.25, -0.2) is 0 Å². The van der Waals surface area contributed by atoms with Crippen molar-refractivity contribution in [1.82, 2.24) is 5.48 Å². The third-order valence-corrected chi connectivity index (χ3v) is 4.86. The van der Waals surface area contributed by atoms with E-state index in [9.17, 15) is 4.79 Å². The number of carbonyl (C=O) groups excluding carboxylic acids is 1. The molecule has 1 saturated carbocycles. The van der Waals surface area contributed by atoms with Crippen LogP contribution in [0.4, 0.5) is 0 Å². The van der Waals surface area contributed by atoms with Crippen molar-refractivity contribution in [2.45, 2.75) is 63.6 Å². The first kappa shape index (κ1) is 17.0. The Balaban J connectivity index is 1.97. The summed E-state index contributed by atoms with van der Waals surface area (Å²) < 4.78 is 5.72. The third-order valence-electron chi connectivity index (χ3n) is 4.86. The van der Waals surface area contributed by atoms with E-state index in [4.69, 9.17) is 9.57 Å². The summed E-state index contributed by atoms with van der Waals surface area (Å²) in [7, 11) is 0. The molecule has 1 aromatic carbocycles. The van der Waals surface area contributed by atoms with E-state index in [2.05, 4.69) is 24.2 Å². The van der Waals surface area contributed by atoms with Gasteiger partial charge in [-0.3, -0.25) is 15.1 Å². The van der Waals surface area contributed by atoms with Crippen molar-refractivity contribution in [3.63, 3.8) is 0 Å². The fraction of sp³-hybridized carbons (Fsp3) is 0.550. The van der Waals surface area contributed by atoms with Crippen molar-refractivity contribution in [1.29, 1.82) is 0 Å². The van der Waals surface area contributed by atoms with E-state index in [0.29, 0.717) is 0 Å². The minimum atomic E-state index is -0.485. The Bertz CT molecular complexity index is 620. The molecule has 1 N–H and O–H groups in total. The van der Waals surface area contributed by atoms with Crippen molar-refractivity contribution in [3.05, 3.63) is 48.2 Å². The van der Waals surface area contributed by atoms with E-state index in [1.54, 1.807) is 0 Å². The smallest absolute Gasteiger partial charge is 0.310 e. The third kappa shape index (κ3) is 3.34. The quantitative estimate of drug-likeness (QED) is 0.830. The van der Waals surface area contributed by atoms with Crippen LogP contribution in [0.1, 0.15) is 57.9 Å². The maximum Gasteiger partial charge on any atom is 0.310 e. The molecule has 3 atom stereocenters. The molecular formula is C20H27NO3. The van der Waals surface area contributed by atoms with E-state index in [1.165, 1.54) is 0 Å². The van der Waals surface area contributed by atoms with Crippen molar-refractivity contribution >= 4 is 5.97 Å². The van der Waals surface area contributed by atoms with Gasteiger partial charge < -0.3 is 4.74 Å². The molecule has 3 rings (SSSR count). The summed E-state index contributed by atoms with van der Waals surface area (Å²) >= 11 is 0. The van der Waals surface area contributed by atoms with Gasteiger partial charge >= 0.3 is 5.97 Å². The number of hydrogen-bond donors (Lipinski definition) is 1. The fourth-order valence-corrected chi connectivity index (χ4v) is 4.06. The van der Waals surface area contributed by atoms with Gasteiger partial charge in [0.25, 0.3) is 0 Å². The molecular weight excluding hydrogens is 302 g/mol. The molecule has 1 aliphatic heterocycles. The minimum absolute atomic E-state index is 0.0333. The molecule has 1 aromatic rings. The van der Waals surface area contributed by atoms with Gasteiger partial charge in [-0.1, -0.05) is 36.9 Å². The predicted octanol–water partition coefficient (Wildman–Crippen LogP) is 4.09. The van der Waals surface area contributed by atoms with Crippen LogP contribution in [0.25, 0.3) is 0 Å². The molecule has 0 radical (unpaired) electrons. The second kappa shape index (κ2) is 6.25. The van der Waals surface area contributed by atoms with E-state index in [0.717, 1.165) is 36.9 Å². The van der Waals surface area contributed by atoms with E-state index in [1.807, 2.05) is 39.0 Å². The van der Waals surface area contributed by atoms with E-state index < -0.39 is 11.2 Å². The molecule has 1 spiro atoms. The SMILES string of the molecule is C=C1C[C@@]2(CCCC(C(=O)OC(C)(C)C)[C@H]2c2ccccc2)ON1. The second-order valence-electron chi connectivity index (χ2n) is 7.97. The largest absolute Gasteiger partial charge is 0.460 e. The molecule has 2 aliphatic rings. The molecule has 0 aromatic heterocycles. The fourth-order valence-electron chi connectivity index (χ4n) is 4.06. The van der Waals surface area contributed by atoms with Gasteiger partial charge in [-0.05, 0) is 45.6 Å². The molecule has 1 unspecified atom stereocenters. The molecule has 2 fully saturated rings. The van der Waals surface area contributed by atoms with E-state index in [-0.39, 0.29) is 17.8 Å². The standard InChI is InChI=1S/C20H27NO3/c1-14-13-20(24-21-14)12-8-11-16(18(22)23-19(2,3)4)17(20)15-9-6-5-7-10-15/h5-7,9-10,16-17,21H,1,8,11-13H2,2-4H3/t16?,17-,20-/m1/s1. The Hall–Kier alpha value is -1.81. The van der Waals surface area contributed by atoms with Crippen LogP contribution >= 0.6 is 0 Å². The van der Waals surface area contributed by atoms with Crippen LogP contribution in [0.15, 0.2) is 42.6 Å². The van der Waals surface area contributed by atoms with Crippen LogP contribution in [-0.4, -0.2) is 17.2 Å². The number of benzene rings is 1. The topological polar surface area (TPSA) is 47.6 Å². The highest BCUT2D eigenvalue weighted by Crippen LogP contribution is 2.51. The number of esters is 1. The molecule has 1 heterocycles. The molecule has 0 bridgehead atoms. The highest BCUT2D eigenvalue weighted by atomic mass is 16.7. The first-order valence-electron chi connectivity index (χ1n) is 8.70. The molecule has 0 amide bonds. The van der Waals surface area contributed by atoms with Crippen molar-refractivity contribution < 1.29 is 14.4 Å². The summed E-state index contributed by atoms with van der Waals surface area (Å²) in [5.74, 6) is -0.362. The predicted molar refractivity (Wildman–Crippen MR) is 93.1 cm³/mol. The van der Waals surface area contributed by atoms with Gasteiger partial charge in [0.1, 0.15) is 11.2 Å². The van der Waals surface area contributed by atoms with Crippen molar-refractivity contribution in [3.8, 4) is 0 Å². The van der Waals surface area contributed by atoms with Gasteiger partial charge in [0, 0.05) is 18.0 Å². The summed E-state index contributed by atoms with van der Waals surface area (Å²) in [6, 6.07) is 10.2. The minimum Gasteiger partial charge on any atom is -0.460 e. The Kier molecular flexibility index (Phi) is 4.43. The number of nitrogens with one attached hydrogen (secondary N) is 1. The van der Waals surface area contributed by atoms with Gasteiger partial charge in [-0.2, -0.15) is 0 Å². The highest BCUT2D eigenvalue weighted by Gasteiger charge is 2.53.